The molecular formula is C16H20BrNO3. The van der Waals surface area contributed by atoms with E-state index in [9.17, 15) is 9.59 Å². The molecule has 1 aromatic carbocycles. The summed E-state index contributed by atoms with van der Waals surface area (Å²) in [5, 5.41) is 2.80. The van der Waals surface area contributed by atoms with E-state index < -0.39 is 5.97 Å². The van der Waals surface area contributed by atoms with Crippen LogP contribution in [0, 0.1) is 0 Å². The second-order valence-corrected chi connectivity index (χ2v) is 6.10. The van der Waals surface area contributed by atoms with Crippen LogP contribution in [-0.2, 0) is 14.3 Å². The quantitative estimate of drug-likeness (QED) is 0.630. The molecule has 1 rings (SSSR count). The molecule has 0 saturated carbocycles. The maximum absolute atomic E-state index is 11.6. The summed E-state index contributed by atoms with van der Waals surface area (Å²) in [6.07, 6.45) is 3.74. The van der Waals surface area contributed by atoms with Crippen LogP contribution in [0.4, 0.5) is 0 Å². The fourth-order valence-electron chi connectivity index (χ4n) is 1.45. The molecule has 0 aliphatic heterocycles. The van der Waals surface area contributed by atoms with Gasteiger partial charge >= 0.3 is 5.97 Å². The highest BCUT2D eigenvalue weighted by atomic mass is 79.9. The van der Waals surface area contributed by atoms with Gasteiger partial charge in [-0.2, -0.15) is 0 Å². The van der Waals surface area contributed by atoms with E-state index in [2.05, 4.69) is 21.2 Å². The normalized spacial score (nSPS) is 11.4. The number of amides is 1. The van der Waals surface area contributed by atoms with Gasteiger partial charge in [0.05, 0.1) is 0 Å². The molecule has 0 radical (unpaired) electrons. The van der Waals surface area contributed by atoms with E-state index in [1.807, 2.05) is 45.0 Å². The van der Waals surface area contributed by atoms with Crippen molar-refractivity contribution in [3.8, 4) is 0 Å². The lowest BCUT2D eigenvalue weighted by atomic mass is 10.0. The Kier molecular flexibility index (Phi) is 6.62. The second kappa shape index (κ2) is 7.98. The topological polar surface area (TPSA) is 55.4 Å². The summed E-state index contributed by atoms with van der Waals surface area (Å²) in [4.78, 5) is 23.2. The minimum absolute atomic E-state index is 0.275. The van der Waals surface area contributed by atoms with Crippen LogP contribution in [0.15, 0.2) is 34.8 Å². The molecule has 0 heterocycles. The molecule has 0 spiro atoms. The zero-order valence-corrected chi connectivity index (χ0v) is 14.1. The Morgan fingerprint density at radius 1 is 1.33 bits per heavy atom. The van der Waals surface area contributed by atoms with Gasteiger partial charge in [0.1, 0.15) is 0 Å². The van der Waals surface area contributed by atoms with Crippen molar-refractivity contribution in [3.05, 3.63) is 40.4 Å². The molecule has 0 saturated heterocycles. The number of hydrogen-bond acceptors (Lipinski definition) is 3. The van der Waals surface area contributed by atoms with Crippen LogP contribution in [0.3, 0.4) is 0 Å². The predicted molar refractivity (Wildman–Crippen MR) is 86.6 cm³/mol. The molecule has 0 aromatic heterocycles. The number of nitrogens with one attached hydrogen (secondary N) is 1. The summed E-state index contributed by atoms with van der Waals surface area (Å²) in [5.74, 6) is -0.848. The fourth-order valence-corrected chi connectivity index (χ4v) is 1.87. The van der Waals surface area contributed by atoms with Crippen molar-refractivity contribution >= 4 is 33.9 Å². The Balaban J connectivity index is 2.45. The molecule has 0 aliphatic carbocycles. The maximum Gasteiger partial charge on any atom is 0.331 e. The van der Waals surface area contributed by atoms with Gasteiger partial charge in [0.2, 0.25) is 0 Å². The standard InChI is InChI=1S/C16H20BrNO3/c1-4-16(2,3)18-14(19)11-21-15(20)10-9-12-7-5-6-8-13(12)17/h5-10H,4,11H2,1-3H3,(H,18,19)/b10-9+. The van der Waals surface area contributed by atoms with Crippen molar-refractivity contribution < 1.29 is 14.3 Å². The molecule has 0 fully saturated rings. The van der Waals surface area contributed by atoms with E-state index in [1.54, 1.807) is 6.08 Å². The number of carbonyl (C=O) groups excluding carboxylic acids is 2. The van der Waals surface area contributed by atoms with Crippen LogP contribution in [-0.4, -0.2) is 24.0 Å². The number of rotatable bonds is 6. The maximum atomic E-state index is 11.6. The summed E-state index contributed by atoms with van der Waals surface area (Å²) >= 11 is 3.38. The number of benzene rings is 1. The first kappa shape index (κ1) is 17.4. The molecule has 5 heteroatoms. The van der Waals surface area contributed by atoms with Gasteiger partial charge in [-0.25, -0.2) is 4.79 Å². The predicted octanol–water partition coefficient (Wildman–Crippen LogP) is 3.31. The van der Waals surface area contributed by atoms with Gasteiger partial charge in [0.25, 0.3) is 5.91 Å². The van der Waals surface area contributed by atoms with Gasteiger partial charge < -0.3 is 10.1 Å². The number of hydrogen-bond donors (Lipinski definition) is 1. The second-order valence-electron chi connectivity index (χ2n) is 5.25. The van der Waals surface area contributed by atoms with Crippen LogP contribution in [0.5, 0.6) is 0 Å². The first-order chi connectivity index (χ1) is 9.84. The molecule has 1 aromatic rings. The van der Waals surface area contributed by atoms with Crippen LogP contribution in [0.25, 0.3) is 6.08 Å². The van der Waals surface area contributed by atoms with E-state index in [1.165, 1.54) is 6.08 Å². The summed E-state index contributed by atoms with van der Waals surface area (Å²) < 4.78 is 5.79. The summed E-state index contributed by atoms with van der Waals surface area (Å²) in [6.45, 7) is 5.54. The fraction of sp³-hybridized carbons (Fsp3) is 0.375. The first-order valence-corrected chi connectivity index (χ1v) is 7.54. The monoisotopic (exact) mass is 353 g/mol. The van der Waals surface area contributed by atoms with E-state index in [0.29, 0.717) is 0 Å². The molecule has 0 aliphatic rings. The Morgan fingerprint density at radius 2 is 2.00 bits per heavy atom. The van der Waals surface area contributed by atoms with Crippen molar-refractivity contribution in [2.24, 2.45) is 0 Å². The third kappa shape index (κ3) is 6.58. The average molecular weight is 354 g/mol. The molecule has 114 valence electrons. The van der Waals surface area contributed by atoms with E-state index in [4.69, 9.17) is 4.74 Å². The molecule has 1 amide bonds. The zero-order valence-electron chi connectivity index (χ0n) is 12.5. The lowest BCUT2D eigenvalue weighted by Gasteiger charge is -2.24. The van der Waals surface area contributed by atoms with Crippen LogP contribution < -0.4 is 5.32 Å². The highest BCUT2D eigenvalue weighted by molar-refractivity contribution is 9.10. The Bertz CT molecular complexity index is 538. The highest BCUT2D eigenvalue weighted by Crippen LogP contribution is 2.17. The molecule has 0 atom stereocenters. The Hall–Kier alpha value is -1.62. The molecule has 0 unspecified atom stereocenters. The minimum atomic E-state index is -0.546. The number of esters is 1. The van der Waals surface area contributed by atoms with Crippen LogP contribution in [0.1, 0.15) is 32.8 Å². The minimum Gasteiger partial charge on any atom is -0.452 e. The molecule has 21 heavy (non-hydrogen) atoms. The highest BCUT2D eigenvalue weighted by Gasteiger charge is 2.18. The van der Waals surface area contributed by atoms with Gasteiger partial charge in [-0.1, -0.05) is 41.1 Å². The molecule has 0 bridgehead atoms. The Labute approximate surface area is 133 Å². The van der Waals surface area contributed by atoms with E-state index in [0.717, 1.165) is 16.5 Å². The molecule has 4 nitrogen and oxygen atoms in total. The van der Waals surface area contributed by atoms with Crippen molar-refractivity contribution in [2.75, 3.05) is 6.61 Å². The summed E-state index contributed by atoms with van der Waals surface area (Å²) in [6, 6.07) is 7.51. The average Bonchev–Trinajstić information content (AvgIpc) is 2.44. The van der Waals surface area contributed by atoms with Crippen LogP contribution in [0.2, 0.25) is 0 Å². The number of carbonyl (C=O) groups is 2. The van der Waals surface area contributed by atoms with E-state index >= 15 is 0 Å². The number of halogens is 1. The molecular weight excluding hydrogens is 334 g/mol. The molecule has 1 N–H and O–H groups in total. The van der Waals surface area contributed by atoms with Gasteiger partial charge in [-0.05, 0) is 38.0 Å². The third-order valence-corrected chi connectivity index (χ3v) is 3.73. The lowest BCUT2D eigenvalue weighted by molar-refractivity contribution is -0.144. The summed E-state index contributed by atoms with van der Waals surface area (Å²) in [5.41, 5.74) is 0.569. The van der Waals surface area contributed by atoms with Crippen molar-refractivity contribution in [1.82, 2.24) is 5.32 Å². The van der Waals surface area contributed by atoms with Gasteiger partial charge in [-0.3, -0.25) is 4.79 Å². The Morgan fingerprint density at radius 3 is 2.62 bits per heavy atom. The van der Waals surface area contributed by atoms with Crippen LogP contribution >= 0.6 is 15.9 Å². The third-order valence-electron chi connectivity index (χ3n) is 3.01. The van der Waals surface area contributed by atoms with Gasteiger partial charge in [-0.15, -0.1) is 0 Å². The summed E-state index contributed by atoms with van der Waals surface area (Å²) in [7, 11) is 0. The lowest BCUT2D eigenvalue weighted by Crippen LogP contribution is -2.44. The van der Waals surface area contributed by atoms with Crippen molar-refractivity contribution in [1.29, 1.82) is 0 Å². The first-order valence-electron chi connectivity index (χ1n) is 6.74. The number of ether oxygens (including phenoxy) is 1. The van der Waals surface area contributed by atoms with Gasteiger partial charge in [0, 0.05) is 16.1 Å². The smallest absolute Gasteiger partial charge is 0.331 e. The zero-order chi connectivity index (χ0) is 15.9. The van der Waals surface area contributed by atoms with Gasteiger partial charge in [0.15, 0.2) is 6.61 Å². The van der Waals surface area contributed by atoms with Crippen molar-refractivity contribution in [2.45, 2.75) is 32.7 Å². The van der Waals surface area contributed by atoms with E-state index in [-0.39, 0.29) is 18.1 Å². The van der Waals surface area contributed by atoms with Crippen molar-refractivity contribution in [3.63, 3.8) is 0 Å². The largest absolute Gasteiger partial charge is 0.452 e. The SMILES string of the molecule is CCC(C)(C)NC(=O)COC(=O)/C=C/c1ccccc1Br.